The number of carbonyl (C=O) groups is 2. The summed E-state index contributed by atoms with van der Waals surface area (Å²) >= 11 is 0. The van der Waals surface area contributed by atoms with Crippen molar-refractivity contribution in [3.63, 3.8) is 0 Å². The molecule has 1 unspecified atom stereocenters. The lowest BCUT2D eigenvalue weighted by Crippen LogP contribution is -2.63. The van der Waals surface area contributed by atoms with Gasteiger partial charge in [0, 0.05) is 19.5 Å². The first-order chi connectivity index (χ1) is 17.2. The maximum Gasteiger partial charge on any atom is 0.421 e. The number of hydrogen-bond acceptors (Lipinski definition) is 8. The zero-order valence-electron chi connectivity index (χ0n) is 19.4. The summed E-state index contributed by atoms with van der Waals surface area (Å²) in [6, 6.07) is 11.0. The molecule has 2 aromatic carbocycles. The van der Waals surface area contributed by atoms with Gasteiger partial charge >= 0.3 is 23.5 Å². The molecular weight excluding hydrogens is 468 g/mol. The average Bonchev–Trinajstić information content (AvgIpc) is 3.19. The van der Waals surface area contributed by atoms with Crippen LogP contribution < -0.4 is 26.4 Å². The number of hydrogen-bond donors (Lipinski definition) is 2. The molecule has 1 aromatic heterocycles. The Hall–Kier alpha value is -5.16. The molecule has 0 aliphatic carbocycles. The van der Waals surface area contributed by atoms with Crippen molar-refractivity contribution >= 4 is 40.7 Å². The molecule has 3 aromatic rings. The molecule has 36 heavy (non-hydrogen) atoms. The highest BCUT2D eigenvalue weighted by atomic mass is 16.3. The number of imide groups is 1. The van der Waals surface area contributed by atoms with E-state index in [1.165, 1.54) is 23.9 Å². The molecule has 1 fully saturated rings. The Bertz CT molecular complexity index is 1660. The van der Waals surface area contributed by atoms with Crippen molar-refractivity contribution in [2.75, 3.05) is 21.1 Å². The quantitative estimate of drug-likeness (QED) is 0.253. The third-order valence-corrected chi connectivity index (χ3v) is 6.14. The minimum Gasteiger partial charge on any atom is -0.859 e. The first kappa shape index (κ1) is 22.6. The van der Waals surface area contributed by atoms with Crippen LogP contribution in [0.5, 0.6) is 5.88 Å². The van der Waals surface area contributed by atoms with Crippen LogP contribution in [-0.2, 0) is 4.79 Å². The van der Waals surface area contributed by atoms with Gasteiger partial charge in [-0.1, -0.05) is 36.4 Å². The highest BCUT2D eigenvalue weighted by Gasteiger charge is 2.53. The molecule has 2 N–H and O–H groups in total. The van der Waals surface area contributed by atoms with Crippen LogP contribution in [0.1, 0.15) is 5.56 Å². The van der Waals surface area contributed by atoms with Crippen LogP contribution >= 0.6 is 0 Å². The second kappa shape index (κ2) is 8.25. The van der Waals surface area contributed by atoms with E-state index >= 15 is 0 Å². The summed E-state index contributed by atoms with van der Waals surface area (Å²) in [5.74, 6) is -0.964. The zero-order chi connectivity index (χ0) is 25.7. The van der Waals surface area contributed by atoms with Gasteiger partial charge in [0.2, 0.25) is 6.04 Å². The summed E-state index contributed by atoms with van der Waals surface area (Å²) in [6.07, 6.45) is 0.980. The van der Waals surface area contributed by atoms with E-state index in [1.54, 1.807) is 31.3 Å². The summed E-state index contributed by atoms with van der Waals surface area (Å²) in [5, 5.41) is 18.6. The molecule has 3 heterocycles. The zero-order valence-corrected chi connectivity index (χ0v) is 19.4. The fourth-order valence-electron chi connectivity index (χ4n) is 4.20. The van der Waals surface area contributed by atoms with Crippen molar-refractivity contribution in [3.05, 3.63) is 68.9 Å². The van der Waals surface area contributed by atoms with Gasteiger partial charge in [-0.2, -0.15) is 5.43 Å². The highest BCUT2D eigenvalue weighted by Crippen LogP contribution is 2.23. The lowest BCUT2D eigenvalue weighted by molar-refractivity contribution is -0.278. The standard InChI is InChI=1S/C23H20N8O5/c1-28-16-17(29(2)23(36)30(3)20(16)34)25-21(28)27-24-11-14-18(32)26-22(35)31(19(14)33)15-10-6-8-12-7-4-5-9-13(12)15/h4-11,16H,1-3H3,(H2,24,26,32,33,35). The largest absolute Gasteiger partial charge is 0.859 e. The number of hydrazone groups is 1. The van der Waals surface area contributed by atoms with Gasteiger partial charge in [-0.15, -0.1) is 5.10 Å². The molecule has 2 aliphatic heterocycles. The molecule has 3 amide bonds. The van der Waals surface area contributed by atoms with E-state index in [2.05, 4.69) is 20.2 Å². The molecule has 1 saturated heterocycles. The van der Waals surface area contributed by atoms with Crippen LogP contribution in [0.15, 0.2) is 57.2 Å². The first-order valence-corrected chi connectivity index (χ1v) is 10.8. The maximum absolute atomic E-state index is 13.2. The summed E-state index contributed by atoms with van der Waals surface area (Å²) in [5.41, 5.74) is 0.757. The van der Waals surface area contributed by atoms with E-state index in [9.17, 15) is 24.3 Å². The van der Waals surface area contributed by atoms with Gasteiger partial charge in [0.25, 0.3) is 11.5 Å². The molecule has 0 bridgehead atoms. The van der Waals surface area contributed by atoms with Gasteiger partial charge in [0.05, 0.1) is 24.5 Å². The number of aromatic amines is 1. The van der Waals surface area contributed by atoms with Crippen molar-refractivity contribution in [3.8, 4) is 11.6 Å². The number of benzene rings is 2. The molecular formula is C23H20N8O5. The number of aromatic nitrogens is 2. The monoisotopic (exact) mass is 488 g/mol. The van der Waals surface area contributed by atoms with Gasteiger partial charge in [-0.05, 0) is 17.3 Å². The normalized spacial score (nSPS) is 17.6. The number of rotatable bonds is 3. The number of urea groups is 1. The molecule has 0 radical (unpaired) electrons. The van der Waals surface area contributed by atoms with Crippen LogP contribution in [0.25, 0.3) is 16.5 Å². The molecule has 0 spiro atoms. The molecule has 2 aliphatic rings. The maximum atomic E-state index is 13.2. The van der Waals surface area contributed by atoms with E-state index < -0.39 is 35.1 Å². The Morgan fingerprint density at radius 2 is 1.75 bits per heavy atom. The van der Waals surface area contributed by atoms with Gasteiger partial charge in [0.15, 0.2) is 0 Å². The lowest BCUT2D eigenvalue weighted by Gasteiger charge is -2.30. The first-order valence-electron chi connectivity index (χ1n) is 10.8. The molecule has 0 saturated carbocycles. The van der Waals surface area contributed by atoms with Crippen LogP contribution in [0.2, 0.25) is 0 Å². The second-order valence-electron chi connectivity index (χ2n) is 8.23. The Labute approximate surface area is 202 Å². The predicted molar refractivity (Wildman–Crippen MR) is 130 cm³/mol. The minimum absolute atomic E-state index is 0.126. The SMILES string of the molecule is CN1C(=O)C2C(=[N+]=C(N/N=C/c3c([O-])n(-c4cccc5ccccc45)c(=O)[nH]c3=O)N2C)N(C)C1=O. The third kappa shape index (κ3) is 3.34. The summed E-state index contributed by atoms with van der Waals surface area (Å²) in [4.78, 5) is 55.7. The molecule has 182 valence electrons. The van der Waals surface area contributed by atoms with Crippen LogP contribution in [0, 0.1) is 0 Å². The van der Waals surface area contributed by atoms with E-state index in [0.29, 0.717) is 11.1 Å². The van der Waals surface area contributed by atoms with E-state index in [0.717, 1.165) is 21.1 Å². The van der Waals surface area contributed by atoms with Crippen LogP contribution in [0.4, 0.5) is 4.79 Å². The molecule has 13 nitrogen and oxygen atoms in total. The Balaban J connectivity index is 1.51. The Kier molecular flexibility index (Phi) is 5.19. The van der Waals surface area contributed by atoms with Crippen molar-refractivity contribution in [2.24, 2.45) is 5.10 Å². The van der Waals surface area contributed by atoms with E-state index in [-0.39, 0.29) is 17.4 Å². The summed E-state index contributed by atoms with van der Waals surface area (Å²) in [6.45, 7) is 0. The number of guanidine groups is 1. The Morgan fingerprint density at radius 1 is 1.03 bits per heavy atom. The highest BCUT2D eigenvalue weighted by molar-refractivity contribution is 6.23. The number of likely N-dealkylation sites (N-methyl/N-ethyl adjacent to an activating group) is 3. The summed E-state index contributed by atoms with van der Waals surface area (Å²) < 4.78 is 5.15. The second-order valence-corrected chi connectivity index (χ2v) is 8.23. The van der Waals surface area contributed by atoms with Crippen molar-refractivity contribution in [2.45, 2.75) is 6.04 Å². The van der Waals surface area contributed by atoms with E-state index in [4.69, 9.17) is 0 Å². The van der Waals surface area contributed by atoms with E-state index in [1.807, 2.05) is 18.2 Å². The summed E-state index contributed by atoms with van der Waals surface area (Å²) in [7, 11) is 4.46. The van der Waals surface area contributed by atoms with Crippen LogP contribution in [0.3, 0.4) is 0 Å². The third-order valence-electron chi connectivity index (χ3n) is 6.14. The van der Waals surface area contributed by atoms with Crippen molar-refractivity contribution < 1.29 is 14.7 Å². The number of amides is 3. The molecule has 13 heteroatoms. The van der Waals surface area contributed by atoms with Gasteiger partial charge < -0.3 is 5.11 Å². The number of nitrogens with zero attached hydrogens (tertiary/aromatic N) is 6. The lowest BCUT2D eigenvalue weighted by atomic mass is 10.1. The smallest absolute Gasteiger partial charge is 0.421 e. The Morgan fingerprint density at radius 3 is 2.53 bits per heavy atom. The van der Waals surface area contributed by atoms with Crippen molar-refractivity contribution in [1.29, 1.82) is 0 Å². The fraction of sp³-hybridized carbons (Fsp3) is 0.174. The van der Waals surface area contributed by atoms with Gasteiger partial charge in [-0.25, -0.2) is 24.1 Å². The number of nitrogens with one attached hydrogen (secondary N) is 2. The number of fused-ring (bicyclic) bond motifs is 2. The molecule has 1 atom stereocenters. The fourth-order valence-corrected chi connectivity index (χ4v) is 4.20. The topological polar surface area (TPSA) is 160 Å². The van der Waals surface area contributed by atoms with Gasteiger partial charge in [0.1, 0.15) is 0 Å². The average molecular weight is 488 g/mol. The number of carbonyl (C=O) groups excluding carboxylic acids is 2. The predicted octanol–water partition coefficient (Wildman–Crippen LogP) is -1.66. The van der Waals surface area contributed by atoms with Crippen LogP contribution in [-0.4, -0.2) is 81.4 Å². The van der Waals surface area contributed by atoms with Gasteiger partial charge in [-0.3, -0.25) is 24.0 Å². The number of H-pyrrole nitrogens is 1. The van der Waals surface area contributed by atoms with Crippen molar-refractivity contribution in [1.82, 2.24) is 34.3 Å². The molecule has 5 rings (SSSR count). The number of amidine groups is 1. The minimum atomic E-state index is -0.904.